The fraction of sp³-hybridized carbons (Fsp3) is 0.0833. The van der Waals surface area contributed by atoms with Gasteiger partial charge in [0.1, 0.15) is 6.54 Å². The summed E-state index contributed by atoms with van der Waals surface area (Å²) in [6.07, 6.45) is 0. The maximum Gasteiger partial charge on any atom is 0.244 e. The maximum absolute atomic E-state index is 12.6. The summed E-state index contributed by atoms with van der Waals surface area (Å²) in [6, 6.07) is 24.2. The van der Waals surface area contributed by atoms with E-state index < -0.39 is 0 Å². The van der Waals surface area contributed by atoms with Crippen molar-refractivity contribution in [2.45, 2.75) is 13.5 Å². The van der Waals surface area contributed by atoms with Crippen LogP contribution in [-0.2, 0) is 11.3 Å². The number of hydrogen-bond donors (Lipinski definition) is 3. The molecule has 0 aliphatic carbocycles. The highest BCUT2D eigenvalue weighted by Crippen LogP contribution is 2.38. The molecule has 0 aliphatic rings. The Bertz CT molecular complexity index is 1310. The monoisotopic (exact) mass is 443 g/mol. The smallest absolute Gasteiger partial charge is 0.244 e. The van der Waals surface area contributed by atoms with Crippen LogP contribution in [-0.4, -0.2) is 20.7 Å². The number of aromatic hydroxyl groups is 1. The minimum Gasteiger partial charge on any atom is -0.493 e. The fourth-order valence-corrected chi connectivity index (χ4v) is 3.52. The van der Waals surface area contributed by atoms with Gasteiger partial charge in [0, 0.05) is 16.8 Å². The quantitative estimate of drug-likeness (QED) is 0.270. The Morgan fingerprint density at radius 2 is 1.69 bits per heavy atom. The van der Waals surface area contributed by atoms with Gasteiger partial charge in [0.05, 0.1) is 5.52 Å². The lowest BCUT2D eigenvalue weighted by molar-refractivity contribution is -0.116. The van der Waals surface area contributed by atoms with E-state index in [-0.39, 0.29) is 29.1 Å². The number of anilines is 2. The molecule has 0 unspecified atom stereocenters. The number of nitrogens with one attached hydrogen (secondary N) is 2. The van der Waals surface area contributed by atoms with Gasteiger partial charge in [-0.1, -0.05) is 48.5 Å². The van der Waals surface area contributed by atoms with Crippen LogP contribution in [0.15, 0.2) is 89.1 Å². The third-order valence-electron chi connectivity index (χ3n) is 4.79. The van der Waals surface area contributed by atoms with Crippen LogP contribution in [0, 0.1) is 6.92 Å². The number of fused-ring (bicyclic) bond motifs is 1. The van der Waals surface area contributed by atoms with Gasteiger partial charge in [-0.15, -0.1) is 10.2 Å². The topological polar surface area (TPSA) is 91.0 Å². The average molecular weight is 444 g/mol. The number of aromatic nitrogens is 1. The molecule has 1 heterocycles. The molecule has 0 fully saturated rings. The Hall–Kier alpha value is -4.04. The molecule has 0 bridgehead atoms. The molecule has 0 saturated heterocycles. The van der Waals surface area contributed by atoms with Gasteiger partial charge in [-0.3, -0.25) is 4.79 Å². The highest BCUT2D eigenvalue weighted by Gasteiger charge is 2.18. The van der Waals surface area contributed by atoms with E-state index in [0.717, 1.165) is 11.3 Å². The van der Waals surface area contributed by atoms with Crippen molar-refractivity contribution < 1.29 is 9.90 Å². The van der Waals surface area contributed by atoms with Gasteiger partial charge in [0.25, 0.3) is 0 Å². The number of benzene rings is 3. The number of thiocarbonyl (C=S) groups is 1. The molecule has 4 rings (SSSR count). The second-order valence-corrected chi connectivity index (χ2v) is 7.58. The average Bonchev–Trinajstić information content (AvgIpc) is 3.04. The predicted octanol–water partition coefficient (Wildman–Crippen LogP) is 5.77. The number of carbonyl (C=O) groups excluding carboxylic acids is 1. The third-order valence-corrected chi connectivity index (χ3v) is 4.97. The summed E-state index contributed by atoms with van der Waals surface area (Å²) in [6.45, 7) is 1.87. The summed E-state index contributed by atoms with van der Waals surface area (Å²) in [4.78, 5) is 12.6. The Kier molecular flexibility index (Phi) is 6.23. The molecule has 3 aromatic carbocycles. The maximum atomic E-state index is 12.6. The lowest BCUT2D eigenvalue weighted by atomic mass is 10.2. The van der Waals surface area contributed by atoms with Crippen molar-refractivity contribution in [1.29, 1.82) is 0 Å². The van der Waals surface area contributed by atoms with Crippen molar-refractivity contribution in [1.82, 2.24) is 4.57 Å². The molecule has 0 spiro atoms. The Labute approximate surface area is 190 Å². The van der Waals surface area contributed by atoms with E-state index in [4.69, 9.17) is 12.2 Å². The van der Waals surface area contributed by atoms with Gasteiger partial charge in [-0.2, -0.15) is 0 Å². The van der Waals surface area contributed by atoms with E-state index in [1.54, 1.807) is 0 Å². The molecule has 3 N–H and O–H groups in total. The van der Waals surface area contributed by atoms with E-state index in [0.29, 0.717) is 16.6 Å². The highest BCUT2D eigenvalue weighted by atomic mass is 32.1. The van der Waals surface area contributed by atoms with Crippen molar-refractivity contribution in [3.05, 3.63) is 84.4 Å². The molecule has 1 amide bonds. The fourth-order valence-electron chi connectivity index (χ4n) is 3.36. The number of aryl methyl sites for hydroxylation is 1. The number of nitrogens with zero attached hydrogens (tertiary/aromatic N) is 3. The summed E-state index contributed by atoms with van der Waals surface area (Å²) < 4.78 is 1.50. The number of rotatable bonds is 5. The van der Waals surface area contributed by atoms with E-state index in [2.05, 4.69) is 20.9 Å². The van der Waals surface area contributed by atoms with Crippen LogP contribution >= 0.6 is 12.2 Å². The molecule has 0 radical (unpaired) electrons. The first kappa shape index (κ1) is 21.2. The Balaban J connectivity index is 1.57. The van der Waals surface area contributed by atoms with Gasteiger partial charge in [0.15, 0.2) is 5.69 Å². The van der Waals surface area contributed by atoms with Gasteiger partial charge in [0.2, 0.25) is 16.9 Å². The predicted molar refractivity (Wildman–Crippen MR) is 131 cm³/mol. The number of hydrogen-bond acceptors (Lipinski definition) is 4. The van der Waals surface area contributed by atoms with Crippen LogP contribution in [0.3, 0.4) is 0 Å². The zero-order valence-electron chi connectivity index (χ0n) is 17.3. The normalized spacial score (nSPS) is 11.0. The van der Waals surface area contributed by atoms with Gasteiger partial charge in [-0.05, 0) is 55.0 Å². The summed E-state index contributed by atoms with van der Waals surface area (Å²) in [5.41, 5.74) is 3.44. The molecule has 7 nitrogen and oxygen atoms in total. The first-order chi connectivity index (χ1) is 15.5. The van der Waals surface area contributed by atoms with Crippen LogP contribution < -0.4 is 10.6 Å². The summed E-state index contributed by atoms with van der Waals surface area (Å²) in [7, 11) is 0. The van der Waals surface area contributed by atoms with Gasteiger partial charge < -0.3 is 20.3 Å². The van der Waals surface area contributed by atoms with Gasteiger partial charge >= 0.3 is 0 Å². The molecule has 32 heavy (non-hydrogen) atoms. The highest BCUT2D eigenvalue weighted by molar-refractivity contribution is 7.80. The van der Waals surface area contributed by atoms with E-state index >= 15 is 0 Å². The van der Waals surface area contributed by atoms with E-state index in [9.17, 15) is 9.90 Å². The number of azo groups is 1. The molecule has 1 aromatic heterocycles. The van der Waals surface area contributed by atoms with Crippen LogP contribution in [0.4, 0.5) is 17.1 Å². The largest absolute Gasteiger partial charge is 0.493 e. The molecule has 4 aromatic rings. The minimum atomic E-state index is -0.267. The van der Waals surface area contributed by atoms with Crippen molar-refractivity contribution in [3.8, 4) is 5.88 Å². The molecule has 0 saturated carbocycles. The lowest BCUT2D eigenvalue weighted by Gasteiger charge is -2.09. The summed E-state index contributed by atoms with van der Waals surface area (Å²) in [5.74, 6) is -0.423. The number of amides is 1. The number of para-hydroxylation sites is 2. The minimum absolute atomic E-state index is 0.0808. The Morgan fingerprint density at radius 3 is 2.47 bits per heavy atom. The SMILES string of the molecule is Cc1cccc(NC(=O)Cn2c(O)c(N=NC(=S)Nc3ccccc3)c3ccccc32)c1. The van der Waals surface area contributed by atoms with Crippen LogP contribution in [0.25, 0.3) is 10.9 Å². The molecule has 0 atom stereocenters. The summed E-state index contributed by atoms with van der Waals surface area (Å²) in [5, 5.41) is 25.7. The van der Waals surface area contributed by atoms with Crippen LogP contribution in [0.2, 0.25) is 0 Å². The van der Waals surface area contributed by atoms with E-state index in [1.165, 1.54) is 4.57 Å². The first-order valence-electron chi connectivity index (χ1n) is 9.96. The van der Waals surface area contributed by atoms with Crippen molar-refractivity contribution in [2.75, 3.05) is 10.6 Å². The van der Waals surface area contributed by atoms with Crippen molar-refractivity contribution >= 4 is 51.2 Å². The van der Waals surface area contributed by atoms with Crippen LogP contribution in [0.1, 0.15) is 5.56 Å². The molecule has 160 valence electrons. The van der Waals surface area contributed by atoms with Crippen molar-refractivity contribution in [3.63, 3.8) is 0 Å². The van der Waals surface area contributed by atoms with Crippen molar-refractivity contribution in [2.24, 2.45) is 10.2 Å². The standard InChI is InChI=1S/C24H21N5O2S/c1-16-8-7-11-18(14-16)25-21(30)15-29-20-13-6-5-12-19(20)22(23(29)31)27-28-24(32)26-17-9-3-2-4-10-17/h2-14,31H,15H2,1H3,(H,25,30)(H,26,32). The third kappa shape index (κ3) is 4.81. The zero-order chi connectivity index (χ0) is 22.5. The molecule has 8 heteroatoms. The molecular formula is C24H21N5O2S. The Morgan fingerprint density at radius 1 is 0.969 bits per heavy atom. The van der Waals surface area contributed by atoms with E-state index in [1.807, 2.05) is 85.8 Å². The number of carbonyl (C=O) groups is 1. The lowest BCUT2D eigenvalue weighted by Crippen LogP contribution is -2.18. The first-order valence-corrected chi connectivity index (χ1v) is 10.4. The molecular weight excluding hydrogens is 422 g/mol. The second kappa shape index (κ2) is 9.40. The zero-order valence-corrected chi connectivity index (χ0v) is 18.1. The summed E-state index contributed by atoms with van der Waals surface area (Å²) >= 11 is 5.24. The second-order valence-electron chi connectivity index (χ2n) is 7.19. The van der Waals surface area contributed by atoms with Crippen LogP contribution in [0.5, 0.6) is 5.88 Å². The molecule has 0 aliphatic heterocycles. The van der Waals surface area contributed by atoms with Gasteiger partial charge in [-0.25, -0.2) is 0 Å².